The van der Waals surface area contributed by atoms with E-state index in [0.717, 1.165) is 5.56 Å². The zero-order valence-corrected chi connectivity index (χ0v) is 22.9. The van der Waals surface area contributed by atoms with Gasteiger partial charge in [-0.2, -0.15) is 8.42 Å². The molecular weight excluding hydrogens is 472 g/mol. The van der Waals surface area contributed by atoms with E-state index in [1.54, 1.807) is 60.3 Å². The number of rotatable bonds is 6. The van der Waals surface area contributed by atoms with Gasteiger partial charge in [0.25, 0.3) is 0 Å². The first kappa shape index (κ1) is 28.4. The van der Waals surface area contributed by atoms with E-state index in [9.17, 15) is 22.8 Å². The lowest BCUT2D eigenvalue weighted by Gasteiger charge is -2.27. The van der Waals surface area contributed by atoms with Crippen LogP contribution in [-0.2, 0) is 31.0 Å². The van der Waals surface area contributed by atoms with Crippen molar-refractivity contribution < 1.29 is 27.5 Å². The number of carbonyl (C=O) groups excluding carboxylic acids is 3. The van der Waals surface area contributed by atoms with Crippen molar-refractivity contribution in [3.63, 3.8) is 0 Å². The minimum Gasteiger partial charge on any atom is -0.443 e. The molecule has 0 radical (unpaired) electrons. The highest BCUT2D eigenvalue weighted by Crippen LogP contribution is 2.45. The van der Waals surface area contributed by atoms with E-state index >= 15 is 0 Å². The van der Waals surface area contributed by atoms with Crippen LogP contribution in [0.25, 0.3) is 0 Å². The van der Waals surface area contributed by atoms with Crippen molar-refractivity contribution in [2.24, 2.45) is 5.41 Å². The van der Waals surface area contributed by atoms with E-state index in [-0.39, 0.29) is 17.5 Å². The Bertz CT molecular complexity index is 1130. The molecule has 3 N–H and O–H groups in total. The van der Waals surface area contributed by atoms with Crippen LogP contribution in [0.2, 0.25) is 0 Å². The second-order valence-electron chi connectivity index (χ2n) is 10.8. The Kier molecular flexibility index (Phi) is 8.15. The van der Waals surface area contributed by atoms with Crippen LogP contribution in [0.1, 0.15) is 78.0 Å². The van der Waals surface area contributed by atoms with Crippen LogP contribution in [-0.4, -0.2) is 38.5 Å². The van der Waals surface area contributed by atoms with Crippen LogP contribution < -0.4 is 19.7 Å². The summed E-state index contributed by atoms with van der Waals surface area (Å²) in [7, 11) is -4.35. The fraction of sp³-hybridized carbons (Fsp3) is 0.625. The molecule has 1 heterocycles. The third-order valence-electron chi connectivity index (χ3n) is 5.49. The van der Waals surface area contributed by atoms with E-state index in [2.05, 4.69) is 10.0 Å². The van der Waals surface area contributed by atoms with Gasteiger partial charge in [0.15, 0.2) is 0 Å². The van der Waals surface area contributed by atoms with Crippen molar-refractivity contribution in [3.8, 4) is 0 Å². The second-order valence-corrected chi connectivity index (χ2v) is 12.2. The van der Waals surface area contributed by atoms with E-state index < -0.39 is 27.3 Å². The SMILES string of the molecule is CCCC(=O)N1CCc2c(C)c(NS(=O)(=O)NC(=O)OC(C)(C)C)c(C)c(NC(=O)C(C)(C)C)c21. The molecule has 1 aliphatic rings. The van der Waals surface area contributed by atoms with Gasteiger partial charge in [0.05, 0.1) is 17.1 Å². The summed E-state index contributed by atoms with van der Waals surface area (Å²) in [6.45, 7) is 15.9. The summed E-state index contributed by atoms with van der Waals surface area (Å²) in [5, 5.41) is 2.92. The largest absolute Gasteiger partial charge is 0.443 e. The summed E-state index contributed by atoms with van der Waals surface area (Å²) in [5.74, 6) is -0.335. The fourth-order valence-corrected chi connectivity index (χ4v) is 4.66. The molecule has 0 saturated carbocycles. The van der Waals surface area contributed by atoms with Crippen molar-refractivity contribution in [1.82, 2.24) is 4.72 Å². The Labute approximate surface area is 208 Å². The number of nitrogens with one attached hydrogen (secondary N) is 3. The van der Waals surface area contributed by atoms with Gasteiger partial charge in [-0.25, -0.2) is 9.52 Å². The standard InChI is InChI=1S/C24H38N4O6S/c1-10-11-17(29)28-13-12-16-14(2)18(26-35(32,33)27-22(31)34-24(7,8)9)15(3)19(20(16)28)25-21(30)23(4,5)6/h26H,10-13H2,1-9H3,(H,25,30)(H,27,31). The van der Waals surface area contributed by atoms with Gasteiger partial charge in [0.2, 0.25) is 11.8 Å². The quantitative estimate of drug-likeness (QED) is 0.526. The number of fused-ring (bicyclic) bond motifs is 1. The molecule has 0 spiro atoms. The smallest absolute Gasteiger partial charge is 0.422 e. The zero-order chi connectivity index (χ0) is 26.9. The Balaban J connectivity index is 2.59. The lowest BCUT2D eigenvalue weighted by atomic mass is 9.94. The third kappa shape index (κ3) is 6.87. The normalized spacial score (nSPS) is 13.8. The molecule has 1 aliphatic heterocycles. The Morgan fingerprint density at radius 3 is 2.11 bits per heavy atom. The van der Waals surface area contributed by atoms with Crippen LogP contribution in [0.15, 0.2) is 0 Å². The monoisotopic (exact) mass is 510 g/mol. The summed E-state index contributed by atoms with van der Waals surface area (Å²) in [4.78, 5) is 39.5. The minimum absolute atomic E-state index is 0.0590. The highest BCUT2D eigenvalue weighted by atomic mass is 32.2. The molecule has 0 saturated heterocycles. The number of hydrogen-bond acceptors (Lipinski definition) is 6. The number of nitrogens with zero attached hydrogens (tertiary/aromatic N) is 1. The summed E-state index contributed by atoms with van der Waals surface area (Å²) in [6, 6.07) is 0. The first-order valence-electron chi connectivity index (χ1n) is 11.7. The van der Waals surface area contributed by atoms with E-state index in [4.69, 9.17) is 4.74 Å². The molecule has 2 rings (SSSR count). The van der Waals surface area contributed by atoms with Crippen molar-refractivity contribution in [2.45, 2.75) is 87.2 Å². The van der Waals surface area contributed by atoms with Gasteiger partial charge in [-0.1, -0.05) is 27.7 Å². The fourth-order valence-electron chi connectivity index (χ4n) is 3.78. The van der Waals surface area contributed by atoms with Gasteiger partial charge < -0.3 is 15.0 Å². The summed E-state index contributed by atoms with van der Waals surface area (Å²) in [5.41, 5.74) is 1.42. The van der Waals surface area contributed by atoms with Crippen molar-refractivity contribution >= 4 is 45.2 Å². The molecule has 3 amide bonds. The number of ether oxygens (including phenoxy) is 1. The Hall–Kier alpha value is -2.82. The highest BCUT2D eigenvalue weighted by molar-refractivity contribution is 7.91. The molecule has 0 aliphatic carbocycles. The molecule has 10 nitrogen and oxygen atoms in total. The van der Waals surface area contributed by atoms with Crippen LogP contribution in [0, 0.1) is 19.3 Å². The van der Waals surface area contributed by atoms with Gasteiger partial charge in [-0.3, -0.25) is 14.3 Å². The maximum absolute atomic E-state index is 12.9. The molecule has 11 heteroatoms. The molecule has 0 bridgehead atoms. The van der Waals surface area contributed by atoms with E-state index in [0.29, 0.717) is 48.3 Å². The number of amides is 3. The minimum atomic E-state index is -4.35. The van der Waals surface area contributed by atoms with Crippen LogP contribution in [0.4, 0.5) is 21.9 Å². The summed E-state index contributed by atoms with van der Waals surface area (Å²) >= 11 is 0. The average molecular weight is 511 g/mol. The molecule has 1 aromatic carbocycles. The molecule has 0 fully saturated rings. The summed E-state index contributed by atoms with van der Waals surface area (Å²) in [6.07, 6.45) is 0.432. The van der Waals surface area contributed by atoms with Crippen LogP contribution in [0.5, 0.6) is 0 Å². The van der Waals surface area contributed by atoms with E-state index in [1.165, 1.54) is 0 Å². The van der Waals surface area contributed by atoms with Crippen molar-refractivity contribution in [3.05, 3.63) is 16.7 Å². The third-order valence-corrected chi connectivity index (χ3v) is 6.40. The van der Waals surface area contributed by atoms with Gasteiger partial charge in [0.1, 0.15) is 5.60 Å². The highest BCUT2D eigenvalue weighted by Gasteiger charge is 2.34. The molecular formula is C24H38N4O6S. The molecule has 35 heavy (non-hydrogen) atoms. The van der Waals surface area contributed by atoms with Crippen LogP contribution >= 0.6 is 0 Å². The van der Waals surface area contributed by atoms with Gasteiger partial charge in [0, 0.05) is 18.4 Å². The predicted molar refractivity (Wildman–Crippen MR) is 137 cm³/mol. The van der Waals surface area contributed by atoms with Crippen LogP contribution in [0.3, 0.4) is 0 Å². The lowest BCUT2D eigenvalue weighted by molar-refractivity contribution is -0.123. The maximum Gasteiger partial charge on any atom is 0.422 e. The van der Waals surface area contributed by atoms with Crippen molar-refractivity contribution in [1.29, 1.82) is 0 Å². The Morgan fingerprint density at radius 1 is 1.00 bits per heavy atom. The number of hydrogen-bond donors (Lipinski definition) is 3. The number of benzene rings is 1. The maximum atomic E-state index is 12.9. The first-order chi connectivity index (χ1) is 15.9. The van der Waals surface area contributed by atoms with Gasteiger partial charge in [-0.15, -0.1) is 0 Å². The Morgan fingerprint density at radius 2 is 1.60 bits per heavy atom. The number of anilines is 3. The molecule has 1 aromatic rings. The van der Waals surface area contributed by atoms with Crippen molar-refractivity contribution in [2.75, 3.05) is 21.5 Å². The average Bonchev–Trinajstić information content (AvgIpc) is 3.11. The lowest BCUT2D eigenvalue weighted by Crippen LogP contribution is -2.39. The zero-order valence-electron chi connectivity index (χ0n) is 22.1. The molecule has 196 valence electrons. The molecule has 0 unspecified atom stereocenters. The van der Waals surface area contributed by atoms with Gasteiger partial charge in [-0.05, 0) is 64.2 Å². The molecule has 0 atom stereocenters. The predicted octanol–water partition coefficient (Wildman–Crippen LogP) is 4.16. The topological polar surface area (TPSA) is 134 Å². The number of carbonyl (C=O) groups is 3. The second kappa shape index (κ2) is 10.0. The first-order valence-corrected chi connectivity index (χ1v) is 13.2. The van der Waals surface area contributed by atoms with Gasteiger partial charge >= 0.3 is 16.3 Å². The summed E-state index contributed by atoms with van der Waals surface area (Å²) < 4.78 is 34.9. The molecule has 0 aromatic heterocycles. The van der Waals surface area contributed by atoms with E-state index in [1.807, 2.05) is 11.6 Å².